The topological polar surface area (TPSA) is 41.5 Å². The third-order valence-electron chi connectivity index (χ3n) is 3.13. The van der Waals surface area contributed by atoms with E-state index in [1.165, 1.54) is 5.56 Å². The van der Waals surface area contributed by atoms with E-state index in [4.69, 9.17) is 4.74 Å². The van der Waals surface area contributed by atoms with Crippen LogP contribution in [0, 0.1) is 5.41 Å². The summed E-state index contributed by atoms with van der Waals surface area (Å²) in [6.07, 6.45) is 0. The van der Waals surface area contributed by atoms with Crippen LogP contribution in [0.1, 0.15) is 25.5 Å². The van der Waals surface area contributed by atoms with Crippen LogP contribution in [0.25, 0.3) is 0 Å². The Hall–Kier alpha value is -1.06. The van der Waals surface area contributed by atoms with Gasteiger partial charge in [0.2, 0.25) is 0 Å². The molecular weight excluding hydrogens is 202 g/mol. The fourth-order valence-corrected chi connectivity index (χ4v) is 1.83. The van der Waals surface area contributed by atoms with E-state index in [-0.39, 0.29) is 0 Å². The average Bonchev–Trinajstić information content (AvgIpc) is 2.24. The van der Waals surface area contributed by atoms with E-state index in [1.54, 1.807) is 12.1 Å². The fourth-order valence-electron chi connectivity index (χ4n) is 1.83. The second-order valence-electron chi connectivity index (χ2n) is 5.00. The van der Waals surface area contributed by atoms with Crippen LogP contribution in [0.4, 0.5) is 0 Å². The smallest absolute Gasteiger partial charge is 0.115 e. The highest BCUT2D eigenvalue weighted by molar-refractivity contribution is 5.27. The van der Waals surface area contributed by atoms with Gasteiger partial charge in [0.15, 0.2) is 0 Å². The van der Waals surface area contributed by atoms with Gasteiger partial charge in [0.05, 0.1) is 13.2 Å². The Morgan fingerprint density at radius 1 is 1.38 bits per heavy atom. The number of benzene rings is 1. The molecule has 0 bridgehead atoms. The summed E-state index contributed by atoms with van der Waals surface area (Å²) in [4.78, 5) is 0. The van der Waals surface area contributed by atoms with Gasteiger partial charge in [-0.25, -0.2) is 0 Å². The van der Waals surface area contributed by atoms with Crippen molar-refractivity contribution in [1.82, 2.24) is 5.32 Å². The zero-order valence-corrected chi connectivity index (χ0v) is 9.86. The lowest BCUT2D eigenvalue weighted by molar-refractivity contribution is -0.0999. The highest BCUT2D eigenvalue weighted by Gasteiger charge is 2.33. The zero-order valence-electron chi connectivity index (χ0n) is 9.86. The molecule has 1 aliphatic heterocycles. The number of hydrogen-bond donors (Lipinski definition) is 2. The summed E-state index contributed by atoms with van der Waals surface area (Å²) in [6.45, 7) is 7.03. The fraction of sp³-hybridized carbons (Fsp3) is 0.538. The molecule has 1 aromatic rings. The number of aromatic hydroxyl groups is 1. The Bertz CT molecular complexity index is 343. The van der Waals surface area contributed by atoms with E-state index >= 15 is 0 Å². The van der Waals surface area contributed by atoms with Crippen LogP contribution in [0.5, 0.6) is 5.75 Å². The van der Waals surface area contributed by atoms with Crippen molar-refractivity contribution in [3.05, 3.63) is 29.8 Å². The maximum absolute atomic E-state index is 9.21. The summed E-state index contributed by atoms with van der Waals surface area (Å²) in [5.74, 6) is 0.315. The number of nitrogens with one attached hydrogen (secondary N) is 1. The van der Waals surface area contributed by atoms with Crippen molar-refractivity contribution < 1.29 is 9.84 Å². The van der Waals surface area contributed by atoms with E-state index in [0.29, 0.717) is 17.2 Å². The second-order valence-corrected chi connectivity index (χ2v) is 5.00. The molecule has 1 heterocycles. The van der Waals surface area contributed by atoms with Gasteiger partial charge in [-0.2, -0.15) is 0 Å². The van der Waals surface area contributed by atoms with Gasteiger partial charge in [0.1, 0.15) is 5.75 Å². The van der Waals surface area contributed by atoms with Crippen molar-refractivity contribution in [2.75, 3.05) is 19.8 Å². The molecule has 0 aromatic heterocycles. The van der Waals surface area contributed by atoms with Gasteiger partial charge in [-0.15, -0.1) is 0 Å². The zero-order chi connectivity index (χ0) is 11.6. The Morgan fingerprint density at radius 3 is 2.50 bits per heavy atom. The molecule has 1 fully saturated rings. The molecule has 0 aliphatic carbocycles. The van der Waals surface area contributed by atoms with Gasteiger partial charge in [-0.05, 0) is 24.6 Å². The third-order valence-corrected chi connectivity index (χ3v) is 3.13. The molecule has 2 N–H and O–H groups in total. The predicted octanol–water partition coefficient (Wildman–Crippen LogP) is 2.08. The summed E-state index contributed by atoms with van der Waals surface area (Å²) < 4.78 is 5.22. The molecule has 88 valence electrons. The average molecular weight is 221 g/mol. The summed E-state index contributed by atoms with van der Waals surface area (Å²) in [5.41, 5.74) is 1.49. The maximum atomic E-state index is 9.21. The Morgan fingerprint density at radius 2 is 2.00 bits per heavy atom. The highest BCUT2D eigenvalue weighted by Crippen LogP contribution is 2.26. The molecule has 2 rings (SSSR count). The molecule has 1 aliphatic rings. The minimum Gasteiger partial charge on any atom is -0.508 e. The molecule has 1 atom stereocenters. The van der Waals surface area contributed by atoms with E-state index in [1.807, 2.05) is 12.1 Å². The molecule has 0 spiro atoms. The highest BCUT2D eigenvalue weighted by atomic mass is 16.5. The number of rotatable bonds is 4. The standard InChI is InChI=1S/C13H19NO2/c1-10(11-3-5-12(15)6-4-11)14-7-13(2)8-16-9-13/h3-6,10,14-15H,7-9H2,1-2H3. The number of phenols is 1. The van der Waals surface area contributed by atoms with Gasteiger partial charge in [-0.3, -0.25) is 0 Å². The quantitative estimate of drug-likeness (QED) is 0.818. The first kappa shape index (κ1) is 11.4. The summed E-state index contributed by atoms with van der Waals surface area (Å²) in [7, 11) is 0. The van der Waals surface area contributed by atoms with Crippen molar-refractivity contribution in [2.45, 2.75) is 19.9 Å². The minimum absolute atomic E-state index is 0.297. The lowest BCUT2D eigenvalue weighted by atomic mass is 9.88. The van der Waals surface area contributed by atoms with Gasteiger partial charge in [0, 0.05) is 18.0 Å². The van der Waals surface area contributed by atoms with Crippen molar-refractivity contribution in [2.24, 2.45) is 5.41 Å². The molecule has 1 unspecified atom stereocenters. The van der Waals surface area contributed by atoms with Gasteiger partial charge >= 0.3 is 0 Å². The van der Waals surface area contributed by atoms with E-state index in [0.717, 1.165) is 19.8 Å². The molecule has 0 amide bonds. The first-order valence-electron chi connectivity index (χ1n) is 5.69. The molecular formula is C13H19NO2. The van der Waals surface area contributed by atoms with Crippen molar-refractivity contribution >= 4 is 0 Å². The number of hydrogen-bond acceptors (Lipinski definition) is 3. The summed E-state index contributed by atoms with van der Waals surface area (Å²) in [6, 6.07) is 7.65. The van der Waals surface area contributed by atoms with E-state index in [9.17, 15) is 5.11 Å². The monoisotopic (exact) mass is 221 g/mol. The molecule has 16 heavy (non-hydrogen) atoms. The first-order valence-corrected chi connectivity index (χ1v) is 5.69. The van der Waals surface area contributed by atoms with Crippen LogP contribution < -0.4 is 5.32 Å². The van der Waals surface area contributed by atoms with Gasteiger partial charge in [-0.1, -0.05) is 19.1 Å². The molecule has 3 heteroatoms. The van der Waals surface area contributed by atoms with Crippen LogP contribution in [0.2, 0.25) is 0 Å². The second kappa shape index (κ2) is 4.44. The normalized spacial score (nSPS) is 20.1. The Labute approximate surface area is 96.4 Å². The van der Waals surface area contributed by atoms with Crippen LogP contribution >= 0.6 is 0 Å². The SMILES string of the molecule is CC(NCC1(C)COC1)c1ccc(O)cc1. The summed E-state index contributed by atoms with van der Waals surface area (Å²) in [5, 5.41) is 12.7. The van der Waals surface area contributed by atoms with E-state index < -0.39 is 0 Å². The van der Waals surface area contributed by atoms with Crippen LogP contribution in [0.15, 0.2) is 24.3 Å². The summed E-state index contributed by atoms with van der Waals surface area (Å²) >= 11 is 0. The molecule has 1 aromatic carbocycles. The molecule has 3 nitrogen and oxygen atoms in total. The molecule has 0 saturated carbocycles. The maximum Gasteiger partial charge on any atom is 0.115 e. The lowest BCUT2D eigenvalue weighted by Crippen LogP contribution is -2.47. The van der Waals surface area contributed by atoms with Crippen molar-refractivity contribution in [3.63, 3.8) is 0 Å². The Balaban J connectivity index is 1.87. The third kappa shape index (κ3) is 2.54. The van der Waals surface area contributed by atoms with Gasteiger partial charge in [0.25, 0.3) is 0 Å². The molecule has 1 saturated heterocycles. The minimum atomic E-state index is 0.297. The van der Waals surface area contributed by atoms with Gasteiger partial charge < -0.3 is 15.2 Å². The van der Waals surface area contributed by atoms with Crippen molar-refractivity contribution in [1.29, 1.82) is 0 Å². The van der Waals surface area contributed by atoms with Crippen LogP contribution in [-0.4, -0.2) is 24.9 Å². The van der Waals surface area contributed by atoms with Crippen LogP contribution in [0.3, 0.4) is 0 Å². The lowest BCUT2D eigenvalue weighted by Gasteiger charge is -2.39. The first-order chi connectivity index (χ1) is 7.59. The van der Waals surface area contributed by atoms with Crippen molar-refractivity contribution in [3.8, 4) is 5.75 Å². The van der Waals surface area contributed by atoms with Crippen LogP contribution in [-0.2, 0) is 4.74 Å². The predicted molar refractivity (Wildman–Crippen MR) is 63.5 cm³/mol. The van der Waals surface area contributed by atoms with E-state index in [2.05, 4.69) is 19.2 Å². The number of ether oxygens (including phenoxy) is 1. The number of phenolic OH excluding ortho intramolecular Hbond substituents is 1. The largest absolute Gasteiger partial charge is 0.508 e. The Kier molecular flexibility index (Phi) is 3.17. The molecule has 0 radical (unpaired) electrons.